The van der Waals surface area contributed by atoms with Gasteiger partial charge < -0.3 is 15.2 Å². The van der Waals surface area contributed by atoms with E-state index < -0.39 is 0 Å². The number of rotatable bonds is 6. The second kappa shape index (κ2) is 7.20. The van der Waals surface area contributed by atoms with Crippen molar-refractivity contribution in [1.29, 1.82) is 0 Å². The second-order valence-electron chi connectivity index (χ2n) is 4.48. The quantitative estimate of drug-likeness (QED) is 0.795. The van der Waals surface area contributed by atoms with E-state index in [1.165, 1.54) is 0 Å². The Labute approximate surface area is 127 Å². The summed E-state index contributed by atoms with van der Waals surface area (Å²) in [6.45, 7) is 3.22. The minimum absolute atomic E-state index is 0.455. The molecule has 0 aliphatic heterocycles. The van der Waals surface area contributed by atoms with Crippen LogP contribution in [0.4, 0.5) is 5.69 Å². The van der Waals surface area contributed by atoms with E-state index in [1.54, 1.807) is 0 Å². The number of hydrogen-bond acceptors (Lipinski definition) is 3. The molecule has 0 aliphatic carbocycles. The van der Waals surface area contributed by atoms with Crippen molar-refractivity contribution < 1.29 is 9.47 Å². The predicted molar refractivity (Wildman–Crippen MR) is 85.1 cm³/mol. The zero-order chi connectivity index (χ0) is 14.4. The average molecular weight is 336 g/mol. The maximum Gasteiger partial charge on any atom is 0.161 e. The third-order valence-electron chi connectivity index (χ3n) is 2.69. The molecule has 3 nitrogen and oxygen atoms in total. The van der Waals surface area contributed by atoms with Gasteiger partial charge in [0, 0.05) is 10.2 Å². The highest BCUT2D eigenvalue weighted by Gasteiger charge is 2.05. The number of nitrogen functional groups attached to an aromatic ring is 1. The van der Waals surface area contributed by atoms with Gasteiger partial charge in [0.05, 0.1) is 6.61 Å². The first-order valence-corrected chi connectivity index (χ1v) is 7.38. The van der Waals surface area contributed by atoms with Gasteiger partial charge in [-0.05, 0) is 42.3 Å². The lowest BCUT2D eigenvalue weighted by molar-refractivity contribution is 0.262. The van der Waals surface area contributed by atoms with Gasteiger partial charge in [0.15, 0.2) is 11.5 Å². The lowest BCUT2D eigenvalue weighted by atomic mass is 10.2. The Bertz CT molecular complexity index is 552. The fourth-order valence-corrected chi connectivity index (χ4v) is 2.38. The highest BCUT2D eigenvalue weighted by molar-refractivity contribution is 9.10. The fourth-order valence-electron chi connectivity index (χ4n) is 1.82. The molecule has 0 saturated heterocycles. The van der Waals surface area contributed by atoms with Gasteiger partial charge in [-0.1, -0.05) is 35.0 Å². The maximum absolute atomic E-state index is 5.83. The molecule has 106 valence electrons. The summed E-state index contributed by atoms with van der Waals surface area (Å²) in [6.07, 6.45) is 0.969. The molecule has 0 amide bonds. The normalized spacial score (nSPS) is 10.3. The van der Waals surface area contributed by atoms with Crippen molar-refractivity contribution in [1.82, 2.24) is 0 Å². The Balaban J connectivity index is 2.06. The molecule has 2 aromatic rings. The van der Waals surface area contributed by atoms with E-state index in [4.69, 9.17) is 15.2 Å². The highest BCUT2D eigenvalue weighted by Crippen LogP contribution is 2.28. The van der Waals surface area contributed by atoms with Gasteiger partial charge in [-0.3, -0.25) is 0 Å². The molecule has 0 aromatic heterocycles. The number of para-hydroxylation sites is 2. The third kappa shape index (κ3) is 4.17. The molecule has 0 unspecified atom stereocenters. The number of anilines is 1. The minimum atomic E-state index is 0.455. The predicted octanol–water partition coefficient (Wildman–Crippen LogP) is 4.40. The van der Waals surface area contributed by atoms with Crippen molar-refractivity contribution in [3.8, 4) is 11.5 Å². The van der Waals surface area contributed by atoms with E-state index in [2.05, 4.69) is 22.9 Å². The third-order valence-corrected chi connectivity index (χ3v) is 3.14. The topological polar surface area (TPSA) is 44.5 Å². The van der Waals surface area contributed by atoms with Gasteiger partial charge in [-0.15, -0.1) is 0 Å². The summed E-state index contributed by atoms with van der Waals surface area (Å²) in [4.78, 5) is 0. The van der Waals surface area contributed by atoms with E-state index in [1.807, 2.05) is 42.5 Å². The van der Waals surface area contributed by atoms with Gasteiger partial charge in [-0.2, -0.15) is 0 Å². The summed E-state index contributed by atoms with van der Waals surface area (Å²) in [7, 11) is 0. The van der Waals surface area contributed by atoms with Crippen molar-refractivity contribution in [3.63, 3.8) is 0 Å². The lowest BCUT2D eigenvalue weighted by Crippen LogP contribution is -2.01. The summed E-state index contributed by atoms with van der Waals surface area (Å²) >= 11 is 3.43. The summed E-state index contributed by atoms with van der Waals surface area (Å²) in [5.41, 5.74) is 7.55. The van der Waals surface area contributed by atoms with Crippen molar-refractivity contribution in [2.24, 2.45) is 0 Å². The van der Waals surface area contributed by atoms with Crippen LogP contribution in [0.1, 0.15) is 18.9 Å². The first-order valence-electron chi connectivity index (χ1n) is 6.58. The van der Waals surface area contributed by atoms with E-state index >= 15 is 0 Å². The molecule has 0 saturated carbocycles. The van der Waals surface area contributed by atoms with Crippen molar-refractivity contribution >= 4 is 21.6 Å². The molecule has 4 heteroatoms. The van der Waals surface area contributed by atoms with Crippen LogP contribution in [0, 0.1) is 0 Å². The van der Waals surface area contributed by atoms with Gasteiger partial charge >= 0.3 is 0 Å². The number of benzene rings is 2. The van der Waals surface area contributed by atoms with E-state index in [0.717, 1.165) is 28.0 Å². The van der Waals surface area contributed by atoms with Crippen molar-refractivity contribution in [2.45, 2.75) is 20.0 Å². The van der Waals surface area contributed by atoms with E-state index in [0.29, 0.717) is 18.9 Å². The Morgan fingerprint density at radius 3 is 2.40 bits per heavy atom. The van der Waals surface area contributed by atoms with Gasteiger partial charge in [0.1, 0.15) is 6.61 Å². The number of hydrogen-bond donors (Lipinski definition) is 1. The van der Waals surface area contributed by atoms with Crippen LogP contribution in [0.2, 0.25) is 0 Å². The highest BCUT2D eigenvalue weighted by atomic mass is 79.9. The fraction of sp³-hybridized carbons (Fsp3) is 0.250. The standard InChI is InChI=1S/C16H18BrNO2/c1-2-7-19-15-5-3-4-6-16(15)20-11-12-8-13(17)10-14(18)9-12/h3-6,8-10H,2,7,11,18H2,1H3. The van der Waals surface area contributed by atoms with Crippen LogP contribution < -0.4 is 15.2 Å². The average Bonchev–Trinajstić information content (AvgIpc) is 2.43. The van der Waals surface area contributed by atoms with Crippen LogP contribution in [-0.4, -0.2) is 6.61 Å². The van der Waals surface area contributed by atoms with Crippen molar-refractivity contribution in [2.75, 3.05) is 12.3 Å². The molecular weight excluding hydrogens is 318 g/mol. The molecule has 2 rings (SSSR count). The number of ether oxygens (including phenoxy) is 2. The Kier molecular flexibility index (Phi) is 5.30. The minimum Gasteiger partial charge on any atom is -0.490 e. The molecule has 0 radical (unpaired) electrons. The maximum atomic E-state index is 5.83. The summed E-state index contributed by atoms with van der Waals surface area (Å²) in [5, 5.41) is 0. The molecule has 2 N–H and O–H groups in total. The van der Waals surface area contributed by atoms with E-state index in [-0.39, 0.29) is 0 Å². The van der Waals surface area contributed by atoms with Gasteiger partial charge in [0.25, 0.3) is 0 Å². The summed E-state index contributed by atoms with van der Waals surface area (Å²) in [5.74, 6) is 1.52. The molecule has 0 spiro atoms. The van der Waals surface area contributed by atoms with Gasteiger partial charge in [-0.25, -0.2) is 0 Å². The number of nitrogens with two attached hydrogens (primary N) is 1. The van der Waals surface area contributed by atoms with Crippen LogP contribution in [0.25, 0.3) is 0 Å². The smallest absolute Gasteiger partial charge is 0.161 e. The lowest BCUT2D eigenvalue weighted by Gasteiger charge is -2.12. The van der Waals surface area contributed by atoms with Crippen LogP contribution >= 0.6 is 15.9 Å². The molecule has 2 aromatic carbocycles. The Morgan fingerprint density at radius 2 is 1.75 bits per heavy atom. The van der Waals surface area contributed by atoms with Crippen molar-refractivity contribution in [3.05, 3.63) is 52.5 Å². The Hall–Kier alpha value is -1.68. The first-order chi connectivity index (χ1) is 9.69. The van der Waals surface area contributed by atoms with Gasteiger partial charge in [0.2, 0.25) is 0 Å². The van der Waals surface area contributed by atoms with Crippen LogP contribution in [0.15, 0.2) is 46.9 Å². The largest absolute Gasteiger partial charge is 0.490 e. The first kappa shape index (κ1) is 14.7. The molecule has 0 heterocycles. The monoisotopic (exact) mass is 335 g/mol. The summed E-state index contributed by atoms with van der Waals surface area (Å²) < 4.78 is 12.4. The SMILES string of the molecule is CCCOc1ccccc1OCc1cc(N)cc(Br)c1. The van der Waals surface area contributed by atoms with Crippen LogP contribution in [0.3, 0.4) is 0 Å². The molecule has 0 fully saturated rings. The Morgan fingerprint density at radius 1 is 1.05 bits per heavy atom. The van der Waals surface area contributed by atoms with E-state index in [9.17, 15) is 0 Å². The van der Waals surface area contributed by atoms with Crippen LogP contribution in [-0.2, 0) is 6.61 Å². The molecule has 0 aliphatic rings. The molecule has 0 atom stereocenters. The molecular formula is C16H18BrNO2. The summed E-state index contributed by atoms with van der Waals surface area (Å²) in [6, 6.07) is 13.5. The molecule has 20 heavy (non-hydrogen) atoms. The van der Waals surface area contributed by atoms with Crippen LogP contribution in [0.5, 0.6) is 11.5 Å². The second-order valence-corrected chi connectivity index (χ2v) is 5.39. The zero-order valence-corrected chi connectivity index (χ0v) is 13.0. The zero-order valence-electron chi connectivity index (χ0n) is 11.4. The number of halogens is 1. The molecule has 0 bridgehead atoms.